The van der Waals surface area contributed by atoms with E-state index in [4.69, 9.17) is 20.1 Å². The summed E-state index contributed by atoms with van der Waals surface area (Å²) in [5.74, 6) is 0. The van der Waals surface area contributed by atoms with E-state index < -0.39 is 0 Å². The van der Waals surface area contributed by atoms with Gasteiger partial charge in [0.1, 0.15) is 13.6 Å². The Morgan fingerprint density at radius 3 is 1.62 bits per heavy atom. The predicted molar refractivity (Wildman–Crippen MR) is 49.0 cm³/mol. The summed E-state index contributed by atoms with van der Waals surface area (Å²) >= 11 is 0. The molecule has 4 nitrogen and oxygen atoms in total. The zero-order valence-corrected chi connectivity index (χ0v) is 10.4. The number of nitroso groups, excluding NO2 is 1. The van der Waals surface area contributed by atoms with E-state index in [1.54, 1.807) is 0 Å². The average molecular weight is 354 g/mol. The molecule has 0 aliphatic heterocycles. The minimum atomic E-state index is 0. The van der Waals surface area contributed by atoms with E-state index >= 15 is 0 Å². The van der Waals surface area contributed by atoms with Crippen LogP contribution in [0.4, 0.5) is 0 Å². The standard InChI is InChI=1S/C5H5.2CH2O.CH3.NO.W/c1-2-4-5-3-1;2*1-2;;1-2;/h1-3H,4H2;2*1H2;1H3;;/q-1;;;2*-1;. The van der Waals surface area contributed by atoms with Crippen LogP contribution in [-0.4, -0.2) is 13.6 Å². The molecule has 0 fully saturated rings. The van der Waals surface area contributed by atoms with Crippen LogP contribution >= 0.6 is 0 Å². The number of nitrogens with zero attached hydrogens (tertiary/aromatic N) is 1. The van der Waals surface area contributed by atoms with Crippen molar-refractivity contribution in [2.45, 2.75) is 6.42 Å². The first kappa shape index (κ1) is 29.6. The van der Waals surface area contributed by atoms with Gasteiger partial charge >= 0.3 is 0 Å². The normalized spacial score (nSPS) is 7.69. The molecule has 13 heavy (non-hydrogen) atoms. The second kappa shape index (κ2) is 67.2. The molecule has 76 valence electrons. The quantitative estimate of drug-likeness (QED) is 0.622. The summed E-state index contributed by atoms with van der Waals surface area (Å²) in [5, 5.41) is 0. The maximum atomic E-state index is 8.00. The molecule has 0 atom stereocenters. The van der Waals surface area contributed by atoms with Crippen LogP contribution < -0.4 is 0 Å². The van der Waals surface area contributed by atoms with E-state index in [1.165, 1.54) is 0 Å². The molecule has 0 aromatic heterocycles. The van der Waals surface area contributed by atoms with E-state index in [9.17, 15) is 0 Å². The molecule has 0 heterocycles. The Morgan fingerprint density at radius 1 is 1.15 bits per heavy atom. The first-order valence-electron chi connectivity index (χ1n) is 2.48. The molecule has 0 N–H and O–H groups in total. The van der Waals surface area contributed by atoms with Gasteiger partial charge in [-0.25, -0.2) is 12.2 Å². The van der Waals surface area contributed by atoms with Gasteiger partial charge in [0.15, 0.2) is 0 Å². The van der Waals surface area contributed by atoms with Crippen LogP contribution in [0.25, 0.3) is 5.59 Å². The summed E-state index contributed by atoms with van der Waals surface area (Å²) in [4.78, 5) is 23.2. The van der Waals surface area contributed by atoms with Gasteiger partial charge in [-0.3, -0.25) is 6.08 Å². The zero-order valence-electron chi connectivity index (χ0n) is 7.43. The Labute approximate surface area is 93.1 Å². The first-order chi connectivity index (χ1) is 5.50. The zero-order chi connectivity index (χ0) is 9.54. The molecule has 0 amide bonds. The first-order valence-corrected chi connectivity index (χ1v) is 2.48. The topological polar surface area (TPSA) is 73.5 Å². The van der Waals surface area contributed by atoms with E-state index in [1.807, 2.05) is 25.7 Å². The van der Waals surface area contributed by atoms with Gasteiger partial charge in [0.05, 0.1) is 0 Å². The van der Waals surface area contributed by atoms with Crippen molar-refractivity contribution in [3.05, 3.63) is 42.2 Å². The maximum Gasteiger partial charge on any atom is 0.106 e. The number of carbonyl (C=O) groups is 2. The second-order valence-corrected chi connectivity index (χ2v) is 1.00. The largest absolute Gasteiger partial charge is 0.577 e. The Bertz CT molecular complexity index is 103. The van der Waals surface area contributed by atoms with Crippen LogP contribution in [0.5, 0.6) is 0 Å². The van der Waals surface area contributed by atoms with E-state index in [0.717, 1.165) is 6.42 Å². The van der Waals surface area contributed by atoms with E-state index in [0.29, 0.717) is 0 Å². The van der Waals surface area contributed by atoms with Crippen LogP contribution in [0, 0.1) is 18.4 Å². The smallest absolute Gasteiger partial charge is 0.106 e. The molecule has 1 aliphatic carbocycles. The summed E-state index contributed by atoms with van der Waals surface area (Å²) in [7, 11) is 0. The molecule has 0 saturated carbocycles. The Kier molecular flexibility index (Phi) is 153. The van der Waals surface area contributed by atoms with Gasteiger partial charge in [-0.05, 0) is 0 Å². The second-order valence-electron chi connectivity index (χ2n) is 1.00. The monoisotopic (exact) mass is 354 g/mol. The third kappa shape index (κ3) is 54.6. The van der Waals surface area contributed by atoms with Gasteiger partial charge in [-0.1, -0.05) is 0 Å². The fraction of sp³-hybridized carbons (Fsp3) is 0.125. The third-order valence-corrected chi connectivity index (χ3v) is 0.586. The molecular formula is C8H12NO3W-3. The molecular weight excluding hydrogens is 342 g/mol. The minimum Gasteiger partial charge on any atom is -0.577 e. The van der Waals surface area contributed by atoms with Crippen molar-refractivity contribution >= 4 is 13.6 Å². The number of rotatable bonds is 0. The van der Waals surface area contributed by atoms with Crippen molar-refractivity contribution in [2.24, 2.45) is 0 Å². The summed E-state index contributed by atoms with van der Waals surface area (Å²) in [5.41, 5.74) is 5.75. The van der Waals surface area contributed by atoms with Gasteiger partial charge in [-0.15, -0.1) is 6.42 Å². The summed E-state index contributed by atoms with van der Waals surface area (Å²) in [6.07, 6.45) is 10.0. The fourth-order valence-corrected chi connectivity index (χ4v) is 0.340. The van der Waals surface area contributed by atoms with Crippen LogP contribution in [0.3, 0.4) is 0 Å². The predicted octanol–water partition coefficient (Wildman–Crippen LogP) is 1.71. The molecule has 1 aliphatic rings. The molecule has 0 spiro atoms. The van der Waals surface area contributed by atoms with Gasteiger partial charge in [-0.2, -0.15) is 6.08 Å². The Hall–Kier alpha value is -0.892. The third-order valence-electron chi connectivity index (χ3n) is 0.586. The van der Waals surface area contributed by atoms with Gasteiger partial charge in [0.25, 0.3) is 0 Å². The van der Waals surface area contributed by atoms with Crippen LogP contribution in [0.15, 0.2) is 18.2 Å². The molecule has 0 unspecified atom stereocenters. The van der Waals surface area contributed by atoms with Crippen molar-refractivity contribution in [1.82, 2.24) is 0 Å². The molecule has 5 heteroatoms. The van der Waals surface area contributed by atoms with Gasteiger partial charge < -0.3 is 27.5 Å². The van der Waals surface area contributed by atoms with E-state index in [2.05, 4.69) is 12.2 Å². The van der Waals surface area contributed by atoms with Crippen LogP contribution in [0.2, 0.25) is 0 Å². The average Bonchev–Trinajstić information content (AvgIpc) is 2.71. The summed E-state index contributed by atoms with van der Waals surface area (Å²) < 4.78 is 0. The van der Waals surface area contributed by atoms with Crippen molar-refractivity contribution in [3.8, 4) is 0 Å². The number of carbonyl (C=O) groups excluding carboxylic acids is 2. The van der Waals surface area contributed by atoms with Crippen molar-refractivity contribution in [1.29, 1.82) is 0 Å². The summed E-state index contributed by atoms with van der Waals surface area (Å²) in [6.45, 7) is 4.00. The molecule has 0 saturated heterocycles. The van der Waals surface area contributed by atoms with Crippen LogP contribution in [0.1, 0.15) is 6.42 Å². The van der Waals surface area contributed by atoms with Crippen molar-refractivity contribution in [2.75, 3.05) is 0 Å². The fourth-order valence-electron chi connectivity index (χ4n) is 0.340. The van der Waals surface area contributed by atoms with Crippen molar-refractivity contribution < 1.29 is 30.7 Å². The van der Waals surface area contributed by atoms with Gasteiger partial charge in [0.2, 0.25) is 0 Å². The molecule has 0 bridgehead atoms. The number of hydrogen-bond acceptors (Lipinski definition) is 3. The van der Waals surface area contributed by atoms with E-state index in [-0.39, 0.29) is 28.5 Å². The van der Waals surface area contributed by atoms with Crippen LogP contribution in [-0.2, 0) is 30.7 Å². The minimum absolute atomic E-state index is 0. The Balaban J connectivity index is -0.0000000239. The molecule has 0 aromatic carbocycles. The Morgan fingerprint density at radius 2 is 1.54 bits per heavy atom. The van der Waals surface area contributed by atoms with Crippen molar-refractivity contribution in [3.63, 3.8) is 0 Å². The molecule has 1 rings (SSSR count). The number of allylic oxidation sites excluding steroid dienone is 4. The maximum absolute atomic E-state index is 8.00. The number of hydrogen-bond donors (Lipinski definition) is 0. The summed E-state index contributed by atoms with van der Waals surface area (Å²) in [6, 6.07) is 0. The SMILES string of the molecule is C=O.C=O.[C-]1=CC=CC1.[CH3-].[N-]=O.[W]. The molecule has 0 aromatic rings. The van der Waals surface area contributed by atoms with Gasteiger partial charge in [0, 0.05) is 21.1 Å². The molecule has 0 radical (unpaired) electrons.